The average Bonchev–Trinajstić information content (AvgIpc) is 2.08. The van der Waals surface area contributed by atoms with E-state index in [4.69, 9.17) is 5.73 Å². The van der Waals surface area contributed by atoms with Gasteiger partial charge in [-0.25, -0.2) is 13.2 Å². The van der Waals surface area contributed by atoms with Crippen LogP contribution < -0.4 is 5.73 Å². The van der Waals surface area contributed by atoms with Crippen molar-refractivity contribution in [2.75, 3.05) is 5.73 Å². The van der Waals surface area contributed by atoms with Crippen molar-refractivity contribution in [3.8, 4) is 0 Å². The molecule has 0 aliphatic carbocycles. The molecule has 0 amide bonds. The molecule has 14 heavy (non-hydrogen) atoms. The molecule has 0 atom stereocenters. The van der Waals surface area contributed by atoms with E-state index in [2.05, 4.69) is 0 Å². The predicted octanol–water partition coefficient (Wildman–Crippen LogP) is 2.55. The summed E-state index contributed by atoms with van der Waals surface area (Å²) in [6, 6.07) is 1.98. The first-order chi connectivity index (χ1) is 6.45. The number of hydrogen-bond acceptors (Lipinski definition) is 2. The maximum atomic E-state index is 13.2. The van der Waals surface area contributed by atoms with Gasteiger partial charge in [-0.15, -0.1) is 0 Å². The molecule has 0 saturated heterocycles. The van der Waals surface area contributed by atoms with E-state index in [9.17, 15) is 18.0 Å². The van der Waals surface area contributed by atoms with Crippen LogP contribution in [0, 0.1) is 5.82 Å². The van der Waals surface area contributed by atoms with Gasteiger partial charge in [0.2, 0.25) is 0 Å². The SMILES string of the molecule is CC(=O)c1c(C(F)F)ccc(N)c1F. The summed E-state index contributed by atoms with van der Waals surface area (Å²) < 4.78 is 37.9. The molecule has 0 bridgehead atoms. The lowest BCUT2D eigenvalue weighted by Gasteiger charge is -2.08. The molecule has 1 rings (SSSR count). The maximum Gasteiger partial charge on any atom is 0.264 e. The molecule has 0 fully saturated rings. The standard InChI is InChI=1S/C9H8F3NO/c1-4(14)7-5(9(11)12)2-3-6(13)8(7)10/h2-3,9H,13H2,1H3. The Hall–Kier alpha value is -1.52. The lowest BCUT2D eigenvalue weighted by atomic mass is 10.0. The highest BCUT2D eigenvalue weighted by molar-refractivity contribution is 5.96. The highest BCUT2D eigenvalue weighted by atomic mass is 19.3. The molecule has 76 valence electrons. The molecule has 0 aromatic heterocycles. The van der Waals surface area contributed by atoms with Crippen LogP contribution in [0.4, 0.5) is 18.9 Å². The maximum absolute atomic E-state index is 13.2. The van der Waals surface area contributed by atoms with Crippen molar-refractivity contribution in [2.45, 2.75) is 13.3 Å². The Morgan fingerprint density at radius 2 is 2.00 bits per heavy atom. The third kappa shape index (κ3) is 1.71. The van der Waals surface area contributed by atoms with Crippen molar-refractivity contribution in [3.05, 3.63) is 29.1 Å². The Labute approximate surface area is 78.5 Å². The number of hydrogen-bond donors (Lipinski definition) is 1. The fraction of sp³-hybridized carbons (Fsp3) is 0.222. The summed E-state index contributed by atoms with van der Waals surface area (Å²) in [6.45, 7) is 1.02. The smallest absolute Gasteiger partial charge is 0.264 e. The van der Waals surface area contributed by atoms with E-state index in [0.29, 0.717) is 0 Å². The topological polar surface area (TPSA) is 43.1 Å². The lowest BCUT2D eigenvalue weighted by molar-refractivity contribution is 0.0994. The van der Waals surface area contributed by atoms with Gasteiger partial charge in [0.25, 0.3) is 6.43 Å². The molecule has 5 heteroatoms. The van der Waals surface area contributed by atoms with Crippen molar-refractivity contribution in [2.24, 2.45) is 0 Å². The normalized spacial score (nSPS) is 10.6. The first-order valence-electron chi connectivity index (χ1n) is 3.82. The summed E-state index contributed by atoms with van der Waals surface area (Å²) in [6.07, 6.45) is -2.89. The van der Waals surface area contributed by atoms with E-state index in [1.54, 1.807) is 0 Å². The summed E-state index contributed by atoms with van der Waals surface area (Å²) in [4.78, 5) is 10.9. The number of alkyl halides is 2. The molecule has 0 heterocycles. The number of Topliss-reactive ketones (excluding diaryl/α,β-unsaturated/α-hetero) is 1. The van der Waals surface area contributed by atoms with Crippen LogP contribution in [-0.4, -0.2) is 5.78 Å². The van der Waals surface area contributed by atoms with Crippen molar-refractivity contribution >= 4 is 11.5 Å². The third-order valence-corrected chi connectivity index (χ3v) is 1.79. The number of ketones is 1. The van der Waals surface area contributed by atoms with E-state index >= 15 is 0 Å². The molecule has 1 aromatic rings. The number of nitrogens with two attached hydrogens (primary N) is 1. The number of halogens is 3. The first kappa shape index (κ1) is 10.6. The van der Waals surface area contributed by atoms with Crippen molar-refractivity contribution in [1.82, 2.24) is 0 Å². The number of anilines is 1. The number of carbonyl (C=O) groups excluding carboxylic acids is 1. The second kappa shape index (κ2) is 3.69. The Morgan fingerprint density at radius 3 is 2.43 bits per heavy atom. The summed E-state index contributed by atoms with van der Waals surface area (Å²) in [5.74, 6) is -1.83. The van der Waals surface area contributed by atoms with Crippen LogP contribution in [0.5, 0.6) is 0 Å². The summed E-state index contributed by atoms with van der Waals surface area (Å²) in [5.41, 5.74) is 3.60. The largest absolute Gasteiger partial charge is 0.396 e. The fourth-order valence-electron chi connectivity index (χ4n) is 1.15. The van der Waals surface area contributed by atoms with Gasteiger partial charge in [-0.1, -0.05) is 6.07 Å². The van der Waals surface area contributed by atoms with Gasteiger partial charge >= 0.3 is 0 Å². The fourth-order valence-corrected chi connectivity index (χ4v) is 1.15. The average molecular weight is 203 g/mol. The van der Waals surface area contributed by atoms with Crippen molar-refractivity contribution in [1.29, 1.82) is 0 Å². The summed E-state index contributed by atoms with van der Waals surface area (Å²) >= 11 is 0. The van der Waals surface area contributed by atoms with Gasteiger partial charge in [0.1, 0.15) is 0 Å². The molecule has 0 unspecified atom stereocenters. The van der Waals surface area contributed by atoms with Crippen molar-refractivity contribution in [3.63, 3.8) is 0 Å². The minimum atomic E-state index is -2.89. The minimum Gasteiger partial charge on any atom is -0.396 e. The minimum absolute atomic E-state index is 0.306. The van der Waals surface area contributed by atoms with E-state index in [1.165, 1.54) is 0 Å². The second-order valence-corrected chi connectivity index (χ2v) is 2.79. The van der Waals surface area contributed by atoms with Crippen LogP contribution in [0.25, 0.3) is 0 Å². The molecular weight excluding hydrogens is 195 g/mol. The van der Waals surface area contributed by atoms with Gasteiger partial charge in [-0.2, -0.15) is 0 Å². The zero-order valence-electron chi connectivity index (χ0n) is 7.35. The first-order valence-corrected chi connectivity index (χ1v) is 3.82. The quantitative estimate of drug-likeness (QED) is 0.592. The Kier molecular flexibility index (Phi) is 2.78. The van der Waals surface area contributed by atoms with Crippen LogP contribution in [-0.2, 0) is 0 Å². The predicted molar refractivity (Wildman–Crippen MR) is 45.8 cm³/mol. The van der Waals surface area contributed by atoms with Crippen LogP contribution in [0.3, 0.4) is 0 Å². The van der Waals surface area contributed by atoms with Crippen LogP contribution in [0.2, 0.25) is 0 Å². The molecule has 0 aliphatic rings. The zero-order chi connectivity index (χ0) is 10.9. The molecule has 1 aromatic carbocycles. The van der Waals surface area contributed by atoms with Gasteiger partial charge in [-0.3, -0.25) is 4.79 Å². The Morgan fingerprint density at radius 1 is 1.43 bits per heavy atom. The number of carbonyl (C=O) groups is 1. The Bertz CT molecular complexity index is 377. The summed E-state index contributed by atoms with van der Waals surface area (Å²) in [5, 5.41) is 0. The molecule has 0 spiro atoms. The lowest BCUT2D eigenvalue weighted by Crippen LogP contribution is -2.06. The highest BCUT2D eigenvalue weighted by Gasteiger charge is 2.21. The third-order valence-electron chi connectivity index (χ3n) is 1.79. The number of rotatable bonds is 2. The molecule has 0 radical (unpaired) electrons. The van der Waals surface area contributed by atoms with Gasteiger partial charge < -0.3 is 5.73 Å². The van der Waals surface area contributed by atoms with Gasteiger partial charge in [0, 0.05) is 5.56 Å². The zero-order valence-corrected chi connectivity index (χ0v) is 7.35. The van der Waals surface area contributed by atoms with Gasteiger partial charge in [0.05, 0.1) is 11.3 Å². The Balaban J connectivity index is 3.45. The van der Waals surface area contributed by atoms with Crippen molar-refractivity contribution < 1.29 is 18.0 Å². The number of nitrogen functional groups attached to an aromatic ring is 1. The van der Waals surface area contributed by atoms with E-state index in [1.807, 2.05) is 0 Å². The number of benzene rings is 1. The van der Waals surface area contributed by atoms with E-state index in [0.717, 1.165) is 19.1 Å². The molecular formula is C9H8F3NO. The molecule has 0 aliphatic heterocycles. The molecule has 2 N–H and O–H groups in total. The van der Waals surface area contributed by atoms with Crippen LogP contribution in [0.15, 0.2) is 12.1 Å². The van der Waals surface area contributed by atoms with Gasteiger partial charge in [-0.05, 0) is 13.0 Å². The molecule has 0 saturated carbocycles. The van der Waals surface area contributed by atoms with E-state index < -0.39 is 29.2 Å². The molecule has 2 nitrogen and oxygen atoms in total. The summed E-state index contributed by atoms with van der Waals surface area (Å²) in [7, 11) is 0. The monoisotopic (exact) mass is 203 g/mol. The second-order valence-electron chi connectivity index (χ2n) is 2.79. The van der Waals surface area contributed by atoms with Crippen LogP contribution >= 0.6 is 0 Å². The van der Waals surface area contributed by atoms with E-state index in [-0.39, 0.29) is 5.69 Å². The van der Waals surface area contributed by atoms with Gasteiger partial charge in [0.15, 0.2) is 11.6 Å². The van der Waals surface area contributed by atoms with Crippen LogP contribution in [0.1, 0.15) is 29.3 Å². The highest BCUT2D eigenvalue weighted by Crippen LogP contribution is 2.28.